The molecule has 0 N–H and O–H groups in total. The maximum Gasteiger partial charge on any atom is 0.0466 e. The molecule has 3 heteroatoms. The summed E-state index contributed by atoms with van der Waals surface area (Å²) in [5, 5.41) is 0. The predicted molar refractivity (Wildman–Crippen MR) is 218 cm³/mol. The molecular weight excluding hydrogens is 673 g/mol. The second-order valence-corrected chi connectivity index (χ2v) is 15.2. The van der Waals surface area contributed by atoms with Crippen LogP contribution in [0.3, 0.4) is 0 Å². The van der Waals surface area contributed by atoms with Gasteiger partial charge in [-0.05, 0) is 90.5 Å². The van der Waals surface area contributed by atoms with E-state index in [-0.39, 0.29) is 0 Å². The summed E-state index contributed by atoms with van der Waals surface area (Å²) in [5.74, 6) is 0. The first-order valence-electron chi connectivity index (χ1n) is 20.3. The average Bonchev–Trinajstić information content (AvgIpc) is 3.05. The van der Waals surface area contributed by atoms with Gasteiger partial charge in [0.05, 0.1) is 0 Å². The summed E-state index contributed by atoms with van der Waals surface area (Å²) < 4.78 is 7.97. The van der Waals surface area contributed by atoms with Crippen molar-refractivity contribution >= 4 is 22.9 Å². The van der Waals surface area contributed by atoms with Crippen LogP contribution >= 0.6 is 22.9 Å². The molecule has 0 fully saturated rings. The fourth-order valence-electron chi connectivity index (χ4n) is 5.80. The van der Waals surface area contributed by atoms with E-state index in [9.17, 15) is 0 Å². The standard InChI is InChI=1S/C43H80INO/c1-3-4-5-6-7-8-9-10-11-12-13-14-15-16-17-18-19-20-21-22-23-24-25-26-27-28-29-30-31-32-33-34-35-36-37-39-42-46-43-40-38-41-45(2)44/h11-12,14-15,27-28,30-31H,3-10,13,16-26,29,32-43H2,1-2H3/b12-11-,15-14-,28-27-,31-30-. The molecule has 0 aromatic carbocycles. The minimum Gasteiger partial charge on any atom is -0.381 e. The molecule has 0 unspecified atom stereocenters. The quantitative estimate of drug-likeness (QED) is 0.0269. The third kappa shape index (κ3) is 43.6. The topological polar surface area (TPSA) is 12.5 Å². The summed E-state index contributed by atoms with van der Waals surface area (Å²) in [6.45, 7) is 5.34. The molecule has 0 atom stereocenters. The van der Waals surface area contributed by atoms with Crippen LogP contribution in [0.1, 0.15) is 200 Å². The first-order chi connectivity index (χ1) is 22.8. The van der Waals surface area contributed by atoms with E-state index in [1.807, 2.05) is 0 Å². The van der Waals surface area contributed by atoms with E-state index in [1.165, 1.54) is 180 Å². The molecule has 0 saturated carbocycles. The largest absolute Gasteiger partial charge is 0.381 e. The maximum atomic E-state index is 5.75. The molecule has 46 heavy (non-hydrogen) atoms. The summed E-state index contributed by atoms with van der Waals surface area (Å²) in [6.07, 6.45) is 59.3. The number of halogens is 1. The van der Waals surface area contributed by atoms with Crippen LogP contribution < -0.4 is 0 Å². The molecule has 0 saturated heterocycles. The smallest absolute Gasteiger partial charge is 0.0466 e. The highest BCUT2D eigenvalue weighted by Gasteiger charge is 1.95. The van der Waals surface area contributed by atoms with Crippen molar-refractivity contribution in [3.05, 3.63) is 48.6 Å². The van der Waals surface area contributed by atoms with Crippen LogP contribution in [0, 0.1) is 0 Å². The van der Waals surface area contributed by atoms with Gasteiger partial charge >= 0.3 is 0 Å². The second kappa shape index (κ2) is 42.6. The van der Waals surface area contributed by atoms with E-state index in [1.54, 1.807) is 0 Å². The van der Waals surface area contributed by atoms with Gasteiger partial charge in [-0.15, -0.1) is 0 Å². The summed E-state index contributed by atoms with van der Waals surface area (Å²) in [6, 6.07) is 0. The van der Waals surface area contributed by atoms with E-state index in [0.717, 1.165) is 32.6 Å². The molecule has 0 rings (SSSR count). The van der Waals surface area contributed by atoms with Gasteiger partial charge in [0.25, 0.3) is 0 Å². The molecule has 0 amide bonds. The van der Waals surface area contributed by atoms with Crippen LogP contribution in [-0.2, 0) is 4.74 Å². The Kier molecular flexibility index (Phi) is 42.3. The molecule has 0 aromatic rings. The SMILES string of the molecule is CCCCCCCCC/C=C\C/C=C\CCCCCCCCCCC/C=C\C/C=C\CCCCCCCCOCCCCN(C)I. The zero-order chi connectivity index (χ0) is 33.3. The van der Waals surface area contributed by atoms with E-state index >= 15 is 0 Å². The van der Waals surface area contributed by atoms with Crippen molar-refractivity contribution in [3.8, 4) is 0 Å². The van der Waals surface area contributed by atoms with Gasteiger partial charge in [0.15, 0.2) is 0 Å². The minimum atomic E-state index is 0.934. The lowest BCUT2D eigenvalue weighted by atomic mass is 10.1. The molecule has 0 bridgehead atoms. The van der Waals surface area contributed by atoms with Crippen LogP contribution in [0.2, 0.25) is 0 Å². The highest BCUT2D eigenvalue weighted by atomic mass is 127. The third-order valence-electron chi connectivity index (χ3n) is 8.84. The Morgan fingerprint density at radius 1 is 0.391 bits per heavy atom. The number of unbranched alkanes of at least 4 members (excludes halogenated alkanes) is 24. The normalized spacial score (nSPS) is 12.4. The lowest BCUT2D eigenvalue weighted by molar-refractivity contribution is 0.125. The lowest BCUT2D eigenvalue weighted by Crippen LogP contribution is -2.07. The third-order valence-corrected chi connectivity index (χ3v) is 9.32. The summed E-state index contributed by atoms with van der Waals surface area (Å²) in [7, 11) is 2.12. The first-order valence-corrected chi connectivity index (χ1v) is 21.3. The minimum absolute atomic E-state index is 0.934. The van der Waals surface area contributed by atoms with E-state index in [2.05, 4.69) is 88.6 Å². The van der Waals surface area contributed by atoms with Crippen LogP contribution in [0.25, 0.3) is 0 Å². The molecule has 270 valence electrons. The van der Waals surface area contributed by atoms with Crippen LogP contribution in [0.15, 0.2) is 48.6 Å². The van der Waals surface area contributed by atoms with Gasteiger partial charge in [0.1, 0.15) is 0 Å². The van der Waals surface area contributed by atoms with E-state index in [4.69, 9.17) is 4.74 Å². The molecule has 0 spiro atoms. The predicted octanol–water partition coefficient (Wildman–Crippen LogP) is 15.2. The van der Waals surface area contributed by atoms with E-state index < -0.39 is 0 Å². The maximum absolute atomic E-state index is 5.75. The van der Waals surface area contributed by atoms with Gasteiger partial charge in [-0.25, -0.2) is 0 Å². The van der Waals surface area contributed by atoms with Crippen molar-refractivity contribution in [1.82, 2.24) is 3.11 Å². The highest BCUT2D eigenvalue weighted by molar-refractivity contribution is 14.1. The zero-order valence-electron chi connectivity index (χ0n) is 31.2. The Labute approximate surface area is 304 Å². The number of allylic oxidation sites excluding steroid dienone is 8. The van der Waals surface area contributed by atoms with Crippen LogP contribution in [0.5, 0.6) is 0 Å². The van der Waals surface area contributed by atoms with E-state index in [0.29, 0.717) is 0 Å². The van der Waals surface area contributed by atoms with Gasteiger partial charge < -0.3 is 4.74 Å². The van der Waals surface area contributed by atoms with Crippen molar-refractivity contribution in [2.75, 3.05) is 26.8 Å². The summed E-state index contributed by atoms with van der Waals surface area (Å²) in [4.78, 5) is 0. The Morgan fingerprint density at radius 3 is 1.04 bits per heavy atom. The average molecular weight is 754 g/mol. The molecule has 0 heterocycles. The summed E-state index contributed by atoms with van der Waals surface area (Å²) in [5.41, 5.74) is 0. The van der Waals surface area contributed by atoms with Crippen molar-refractivity contribution in [3.63, 3.8) is 0 Å². The fraction of sp³-hybridized carbons (Fsp3) is 0.814. The zero-order valence-corrected chi connectivity index (χ0v) is 33.3. The van der Waals surface area contributed by atoms with Crippen LogP contribution in [-0.4, -0.2) is 29.9 Å². The number of nitrogens with zero attached hydrogens (tertiary/aromatic N) is 1. The van der Waals surface area contributed by atoms with Crippen LogP contribution in [0.4, 0.5) is 0 Å². The fourth-order valence-corrected chi connectivity index (χ4v) is 6.14. The number of hydrogen-bond acceptors (Lipinski definition) is 2. The van der Waals surface area contributed by atoms with Gasteiger partial charge in [-0.1, -0.05) is 165 Å². The Morgan fingerprint density at radius 2 is 0.696 bits per heavy atom. The molecule has 0 radical (unpaired) electrons. The Bertz CT molecular complexity index is 668. The Balaban J connectivity index is 3.22. The van der Waals surface area contributed by atoms with Crippen molar-refractivity contribution in [2.24, 2.45) is 0 Å². The molecule has 0 aliphatic heterocycles. The monoisotopic (exact) mass is 754 g/mol. The van der Waals surface area contributed by atoms with Gasteiger partial charge in [-0.3, -0.25) is 3.11 Å². The van der Waals surface area contributed by atoms with Gasteiger partial charge in [-0.2, -0.15) is 0 Å². The first kappa shape index (κ1) is 45.6. The molecule has 0 aromatic heterocycles. The van der Waals surface area contributed by atoms with Crippen molar-refractivity contribution in [1.29, 1.82) is 0 Å². The van der Waals surface area contributed by atoms with Gasteiger partial charge in [0, 0.05) is 42.6 Å². The lowest BCUT2D eigenvalue weighted by Gasteiger charge is -2.07. The molecule has 2 nitrogen and oxygen atoms in total. The Hall–Kier alpha value is -0.390. The molecule has 0 aliphatic rings. The summed E-state index contributed by atoms with van der Waals surface area (Å²) >= 11 is 2.35. The second-order valence-electron chi connectivity index (χ2n) is 13.6. The number of hydrogen-bond donors (Lipinski definition) is 0. The number of rotatable bonds is 38. The molecule has 0 aliphatic carbocycles. The van der Waals surface area contributed by atoms with Gasteiger partial charge in [0.2, 0.25) is 0 Å². The highest BCUT2D eigenvalue weighted by Crippen LogP contribution is 2.13. The molecular formula is C43H80INO. The van der Waals surface area contributed by atoms with Crippen molar-refractivity contribution < 1.29 is 4.74 Å². The van der Waals surface area contributed by atoms with Crippen molar-refractivity contribution in [2.45, 2.75) is 200 Å². The number of ether oxygens (including phenoxy) is 1.